The Balaban J connectivity index is 1.41. The Labute approximate surface area is 170 Å². The summed E-state index contributed by atoms with van der Waals surface area (Å²) in [5.41, 5.74) is 2.78. The third-order valence-electron chi connectivity index (χ3n) is 5.34. The van der Waals surface area contributed by atoms with E-state index in [9.17, 15) is 9.59 Å². The van der Waals surface area contributed by atoms with Crippen molar-refractivity contribution in [1.82, 2.24) is 19.8 Å². The Bertz CT molecular complexity index is 878. The molecular weight excluding hydrogens is 370 g/mol. The summed E-state index contributed by atoms with van der Waals surface area (Å²) < 4.78 is 5.01. The SMILES string of the molecule is CCOC(=O)N1CCN(C(=O)c2cnc(N3CCCc4ccccc43)cn2)CC1. The maximum absolute atomic E-state index is 12.8. The first-order valence-corrected chi connectivity index (χ1v) is 10.1. The molecule has 29 heavy (non-hydrogen) atoms. The number of benzene rings is 1. The van der Waals surface area contributed by atoms with Crippen molar-refractivity contribution in [2.45, 2.75) is 19.8 Å². The van der Waals surface area contributed by atoms with Crippen LogP contribution in [0, 0.1) is 0 Å². The van der Waals surface area contributed by atoms with Crippen molar-refractivity contribution in [3.05, 3.63) is 47.9 Å². The molecule has 0 spiro atoms. The number of hydrogen-bond donors (Lipinski definition) is 0. The van der Waals surface area contributed by atoms with Crippen LogP contribution in [-0.4, -0.2) is 71.1 Å². The van der Waals surface area contributed by atoms with Crippen LogP contribution >= 0.6 is 0 Å². The number of para-hydroxylation sites is 1. The Hall–Kier alpha value is -3.16. The van der Waals surface area contributed by atoms with Crippen LogP contribution in [0.4, 0.5) is 16.3 Å². The number of anilines is 2. The van der Waals surface area contributed by atoms with Crippen LogP contribution < -0.4 is 4.90 Å². The molecular formula is C21H25N5O3. The molecule has 1 aromatic carbocycles. The second-order valence-electron chi connectivity index (χ2n) is 7.12. The third-order valence-corrected chi connectivity index (χ3v) is 5.34. The Morgan fingerprint density at radius 1 is 1.00 bits per heavy atom. The second kappa shape index (κ2) is 8.46. The van der Waals surface area contributed by atoms with Crippen molar-refractivity contribution < 1.29 is 14.3 Å². The molecule has 8 heteroatoms. The van der Waals surface area contributed by atoms with Gasteiger partial charge in [-0.15, -0.1) is 0 Å². The van der Waals surface area contributed by atoms with Crippen LogP contribution in [0.2, 0.25) is 0 Å². The number of fused-ring (bicyclic) bond motifs is 1. The lowest BCUT2D eigenvalue weighted by Crippen LogP contribution is -2.50. The van der Waals surface area contributed by atoms with Gasteiger partial charge in [0.1, 0.15) is 5.69 Å². The van der Waals surface area contributed by atoms with E-state index in [0.717, 1.165) is 30.9 Å². The Morgan fingerprint density at radius 3 is 2.48 bits per heavy atom. The lowest BCUT2D eigenvalue weighted by atomic mass is 10.0. The predicted molar refractivity (Wildman–Crippen MR) is 108 cm³/mol. The van der Waals surface area contributed by atoms with Crippen LogP contribution in [0.3, 0.4) is 0 Å². The molecule has 2 amide bonds. The van der Waals surface area contributed by atoms with Crippen LogP contribution in [-0.2, 0) is 11.2 Å². The molecule has 152 valence electrons. The number of rotatable bonds is 3. The second-order valence-corrected chi connectivity index (χ2v) is 7.12. The quantitative estimate of drug-likeness (QED) is 0.794. The number of piperazine rings is 1. The molecule has 0 atom stereocenters. The van der Waals surface area contributed by atoms with Gasteiger partial charge in [-0.3, -0.25) is 4.79 Å². The summed E-state index contributed by atoms with van der Waals surface area (Å²) >= 11 is 0. The molecule has 2 aliphatic rings. The van der Waals surface area contributed by atoms with E-state index in [1.54, 1.807) is 29.1 Å². The van der Waals surface area contributed by atoms with Gasteiger partial charge in [-0.25, -0.2) is 14.8 Å². The molecule has 0 N–H and O–H groups in total. The van der Waals surface area contributed by atoms with Crippen molar-refractivity contribution in [2.75, 3.05) is 44.2 Å². The number of carbonyl (C=O) groups excluding carboxylic acids is 2. The maximum atomic E-state index is 12.8. The molecule has 1 aromatic heterocycles. The van der Waals surface area contributed by atoms with Gasteiger partial charge in [-0.1, -0.05) is 18.2 Å². The van der Waals surface area contributed by atoms with Crippen LogP contribution in [0.1, 0.15) is 29.4 Å². The molecule has 0 aliphatic carbocycles. The topological polar surface area (TPSA) is 78.9 Å². The molecule has 0 radical (unpaired) electrons. The van der Waals surface area contributed by atoms with Crippen LogP contribution in [0.15, 0.2) is 36.7 Å². The predicted octanol–water partition coefficient (Wildman–Crippen LogP) is 2.48. The van der Waals surface area contributed by atoms with Crippen molar-refractivity contribution in [2.24, 2.45) is 0 Å². The van der Waals surface area contributed by atoms with Crippen molar-refractivity contribution in [3.63, 3.8) is 0 Å². The van der Waals surface area contributed by atoms with Crippen molar-refractivity contribution in [1.29, 1.82) is 0 Å². The van der Waals surface area contributed by atoms with E-state index in [1.165, 1.54) is 5.56 Å². The summed E-state index contributed by atoms with van der Waals surface area (Å²) in [6, 6.07) is 8.32. The van der Waals surface area contributed by atoms with E-state index in [-0.39, 0.29) is 12.0 Å². The van der Waals surface area contributed by atoms with Gasteiger partial charge in [-0.2, -0.15) is 0 Å². The number of carbonyl (C=O) groups is 2. The fraction of sp³-hybridized carbons (Fsp3) is 0.429. The summed E-state index contributed by atoms with van der Waals surface area (Å²) in [5.74, 6) is 0.590. The highest BCUT2D eigenvalue weighted by Gasteiger charge is 2.26. The van der Waals surface area contributed by atoms with E-state index in [1.807, 2.05) is 6.07 Å². The molecule has 0 bridgehead atoms. The number of hydrogen-bond acceptors (Lipinski definition) is 6. The number of amides is 2. The first-order valence-electron chi connectivity index (χ1n) is 10.1. The molecule has 0 unspecified atom stereocenters. The van der Waals surface area contributed by atoms with Crippen LogP contribution in [0.25, 0.3) is 0 Å². The number of aromatic nitrogens is 2. The van der Waals surface area contributed by atoms with Gasteiger partial charge in [0.25, 0.3) is 5.91 Å². The van der Waals surface area contributed by atoms with Crippen molar-refractivity contribution >= 4 is 23.5 Å². The van der Waals surface area contributed by atoms with E-state index in [4.69, 9.17) is 4.74 Å². The van der Waals surface area contributed by atoms with E-state index in [0.29, 0.717) is 38.5 Å². The molecule has 2 aliphatic heterocycles. The van der Waals surface area contributed by atoms with Gasteiger partial charge in [0.15, 0.2) is 5.82 Å². The number of ether oxygens (including phenoxy) is 1. The van der Waals surface area contributed by atoms with E-state index in [2.05, 4.69) is 33.1 Å². The molecule has 4 rings (SSSR count). The summed E-state index contributed by atoms with van der Waals surface area (Å²) in [7, 11) is 0. The molecule has 0 saturated carbocycles. The average Bonchev–Trinajstić information content (AvgIpc) is 2.78. The summed E-state index contributed by atoms with van der Waals surface area (Å²) in [6.07, 6.45) is 5.01. The number of nitrogens with zero attached hydrogens (tertiary/aromatic N) is 5. The van der Waals surface area contributed by atoms with Gasteiger partial charge in [-0.05, 0) is 31.4 Å². The Kier molecular flexibility index (Phi) is 5.59. The number of aryl methyl sites for hydroxylation is 1. The molecule has 1 saturated heterocycles. The van der Waals surface area contributed by atoms with Gasteiger partial charge in [0.2, 0.25) is 0 Å². The largest absolute Gasteiger partial charge is 0.450 e. The first-order chi connectivity index (χ1) is 14.2. The maximum Gasteiger partial charge on any atom is 0.409 e. The summed E-state index contributed by atoms with van der Waals surface area (Å²) in [6.45, 7) is 4.85. The van der Waals surface area contributed by atoms with Gasteiger partial charge in [0.05, 0.1) is 19.0 Å². The Morgan fingerprint density at radius 2 is 1.76 bits per heavy atom. The fourth-order valence-electron chi connectivity index (χ4n) is 3.81. The molecule has 2 aromatic rings. The highest BCUT2D eigenvalue weighted by Crippen LogP contribution is 2.31. The van der Waals surface area contributed by atoms with E-state index >= 15 is 0 Å². The van der Waals surface area contributed by atoms with Gasteiger partial charge in [0, 0.05) is 38.4 Å². The minimum Gasteiger partial charge on any atom is -0.450 e. The minimum atomic E-state index is -0.328. The lowest BCUT2D eigenvalue weighted by molar-refractivity contribution is 0.0565. The normalized spacial score (nSPS) is 16.4. The van der Waals surface area contributed by atoms with E-state index < -0.39 is 0 Å². The van der Waals surface area contributed by atoms with Crippen LogP contribution in [0.5, 0.6) is 0 Å². The zero-order valence-electron chi connectivity index (χ0n) is 16.6. The average molecular weight is 395 g/mol. The zero-order valence-corrected chi connectivity index (χ0v) is 16.6. The zero-order chi connectivity index (χ0) is 20.2. The first kappa shape index (κ1) is 19.2. The molecule has 1 fully saturated rings. The lowest BCUT2D eigenvalue weighted by Gasteiger charge is -2.34. The summed E-state index contributed by atoms with van der Waals surface area (Å²) in [5, 5.41) is 0. The van der Waals surface area contributed by atoms with Gasteiger partial charge >= 0.3 is 6.09 Å². The highest BCUT2D eigenvalue weighted by molar-refractivity contribution is 5.92. The van der Waals surface area contributed by atoms with Gasteiger partial charge < -0.3 is 19.4 Å². The molecule has 8 nitrogen and oxygen atoms in total. The smallest absolute Gasteiger partial charge is 0.409 e. The highest BCUT2D eigenvalue weighted by atomic mass is 16.6. The standard InChI is InChI=1S/C21H25N5O3/c1-2-29-21(28)25-12-10-24(11-13-25)20(27)17-14-23-19(15-22-17)26-9-5-7-16-6-3-4-8-18(16)26/h3-4,6,8,14-15H,2,5,7,9-13H2,1H3. The minimum absolute atomic E-state index is 0.161. The third kappa shape index (κ3) is 4.01. The summed E-state index contributed by atoms with van der Waals surface area (Å²) in [4.78, 5) is 38.9. The monoisotopic (exact) mass is 395 g/mol. The molecule has 3 heterocycles. The fourth-order valence-corrected chi connectivity index (χ4v) is 3.81. The van der Waals surface area contributed by atoms with Crippen molar-refractivity contribution in [3.8, 4) is 0 Å².